The minimum Gasteiger partial charge on any atom is -0.437 e. The summed E-state index contributed by atoms with van der Waals surface area (Å²) in [4.78, 5) is 11.9. The number of benzene rings is 1. The van der Waals surface area contributed by atoms with E-state index in [-0.39, 0.29) is 5.04 Å². The fourth-order valence-electron chi connectivity index (χ4n) is 2.35. The number of para-hydroxylation sites is 1. The van der Waals surface area contributed by atoms with E-state index in [1.807, 2.05) is 48.6 Å². The number of aromatic amines is 1. The lowest BCUT2D eigenvalue weighted by molar-refractivity contribution is 0.328. The molecular formula is C21H27N3O2Si. The molecule has 0 atom stereocenters. The molecule has 5 nitrogen and oxygen atoms in total. The molecule has 3 aromatic rings. The predicted octanol–water partition coefficient (Wildman–Crippen LogP) is 5.79. The van der Waals surface area contributed by atoms with Crippen LogP contribution in [-0.4, -0.2) is 29.9 Å². The van der Waals surface area contributed by atoms with Gasteiger partial charge in [0, 0.05) is 5.69 Å². The summed E-state index contributed by atoms with van der Waals surface area (Å²) in [6.45, 7) is 11.8. The summed E-state index contributed by atoms with van der Waals surface area (Å²) in [5, 5.41) is 0.210. The molecule has 0 aliphatic carbocycles. The van der Waals surface area contributed by atoms with Gasteiger partial charge in [0.1, 0.15) is 17.6 Å². The van der Waals surface area contributed by atoms with Gasteiger partial charge in [0.25, 0.3) is 0 Å². The maximum Gasteiger partial charge on any atom is 0.247 e. The minimum absolute atomic E-state index is 0.210. The maximum absolute atomic E-state index is 6.18. The van der Waals surface area contributed by atoms with Crippen LogP contribution in [0.1, 0.15) is 26.5 Å². The Bertz CT molecular complexity index is 927. The molecule has 2 heterocycles. The third-order valence-corrected chi connectivity index (χ3v) is 9.51. The van der Waals surface area contributed by atoms with Crippen LogP contribution in [0.25, 0.3) is 17.1 Å². The normalized spacial score (nSPS) is 12.8. The number of hydrogen-bond donors (Lipinski definition) is 1. The number of rotatable bonds is 6. The van der Waals surface area contributed by atoms with Gasteiger partial charge in [-0.05, 0) is 42.4 Å². The second-order valence-corrected chi connectivity index (χ2v) is 12.9. The highest BCUT2D eigenvalue weighted by Gasteiger charge is 2.36. The first-order chi connectivity index (χ1) is 12.8. The zero-order valence-corrected chi connectivity index (χ0v) is 17.6. The van der Waals surface area contributed by atoms with E-state index < -0.39 is 8.32 Å². The van der Waals surface area contributed by atoms with Gasteiger partial charge >= 0.3 is 0 Å². The standard InChI is InChI=1S/C21H27N3O2Si/c1-21(2,3)27(4,5)25-13-9-10-16-14-18-19(24-16)20(23-15-22-18)26-17-11-7-6-8-12-17/h6-12,14-15,24H,13H2,1-5H3. The van der Waals surface area contributed by atoms with Crippen molar-refractivity contribution >= 4 is 25.4 Å². The molecule has 0 aliphatic heterocycles. The average Bonchev–Trinajstić information content (AvgIpc) is 3.03. The van der Waals surface area contributed by atoms with E-state index in [0.717, 1.165) is 22.5 Å². The molecule has 6 heteroatoms. The van der Waals surface area contributed by atoms with Crippen LogP contribution in [0.2, 0.25) is 18.1 Å². The molecule has 0 unspecified atom stereocenters. The summed E-state index contributed by atoms with van der Waals surface area (Å²) in [5.74, 6) is 1.26. The second kappa shape index (κ2) is 7.66. The first kappa shape index (κ1) is 19.3. The molecule has 0 radical (unpaired) electrons. The van der Waals surface area contributed by atoms with Gasteiger partial charge in [0.05, 0.1) is 12.1 Å². The fourth-order valence-corrected chi connectivity index (χ4v) is 3.30. The average molecular weight is 382 g/mol. The molecule has 3 rings (SSSR count). The monoisotopic (exact) mass is 381 g/mol. The van der Waals surface area contributed by atoms with Crippen LogP contribution in [0.4, 0.5) is 0 Å². The van der Waals surface area contributed by atoms with Crippen molar-refractivity contribution in [3.8, 4) is 11.6 Å². The Morgan fingerprint density at radius 1 is 1.11 bits per heavy atom. The fraction of sp³-hybridized carbons (Fsp3) is 0.333. The van der Waals surface area contributed by atoms with Crippen LogP contribution in [0, 0.1) is 0 Å². The third kappa shape index (κ3) is 4.64. The van der Waals surface area contributed by atoms with E-state index in [1.165, 1.54) is 6.33 Å². The number of ether oxygens (including phenoxy) is 1. The van der Waals surface area contributed by atoms with Crippen LogP contribution in [0.3, 0.4) is 0 Å². The Hall–Kier alpha value is -2.44. The molecule has 0 aliphatic rings. The first-order valence-corrected chi connectivity index (χ1v) is 12.0. The first-order valence-electron chi connectivity index (χ1n) is 9.13. The van der Waals surface area contributed by atoms with Gasteiger partial charge < -0.3 is 14.1 Å². The molecule has 0 spiro atoms. The van der Waals surface area contributed by atoms with Gasteiger partial charge in [-0.25, -0.2) is 4.98 Å². The topological polar surface area (TPSA) is 60.0 Å². The van der Waals surface area contributed by atoms with Crippen molar-refractivity contribution in [3.63, 3.8) is 0 Å². The lowest BCUT2D eigenvalue weighted by Crippen LogP contribution is -2.40. The van der Waals surface area contributed by atoms with E-state index in [0.29, 0.717) is 12.5 Å². The molecule has 27 heavy (non-hydrogen) atoms. The van der Waals surface area contributed by atoms with Crippen molar-refractivity contribution in [2.45, 2.75) is 38.9 Å². The van der Waals surface area contributed by atoms with Gasteiger partial charge in [0.15, 0.2) is 8.32 Å². The molecule has 0 saturated heterocycles. The maximum atomic E-state index is 6.18. The quantitative estimate of drug-likeness (QED) is 0.549. The second-order valence-electron chi connectivity index (χ2n) is 8.05. The van der Waals surface area contributed by atoms with E-state index in [4.69, 9.17) is 9.16 Å². The van der Waals surface area contributed by atoms with Crippen LogP contribution in [0.5, 0.6) is 11.6 Å². The zero-order chi connectivity index (χ0) is 19.5. The summed E-state index contributed by atoms with van der Waals surface area (Å²) in [6.07, 6.45) is 5.57. The Morgan fingerprint density at radius 2 is 1.85 bits per heavy atom. The summed E-state index contributed by atoms with van der Waals surface area (Å²) in [6, 6.07) is 11.6. The zero-order valence-electron chi connectivity index (χ0n) is 16.6. The minimum atomic E-state index is -1.73. The van der Waals surface area contributed by atoms with Crippen molar-refractivity contribution < 1.29 is 9.16 Å². The van der Waals surface area contributed by atoms with Gasteiger partial charge in [-0.3, -0.25) is 0 Å². The van der Waals surface area contributed by atoms with Gasteiger partial charge in [-0.2, -0.15) is 4.98 Å². The molecule has 0 bridgehead atoms. The number of H-pyrrole nitrogens is 1. The molecule has 0 amide bonds. The molecule has 0 saturated carbocycles. The SMILES string of the molecule is CC(C)(C)[Si](C)(C)OCC=Cc1cc2ncnc(Oc3ccccc3)c2[nH]1. The molecule has 1 N–H and O–H groups in total. The van der Waals surface area contributed by atoms with E-state index >= 15 is 0 Å². The van der Waals surface area contributed by atoms with E-state index in [1.54, 1.807) is 0 Å². The third-order valence-electron chi connectivity index (χ3n) is 5.01. The summed E-state index contributed by atoms with van der Waals surface area (Å²) < 4.78 is 12.1. The van der Waals surface area contributed by atoms with Crippen LogP contribution < -0.4 is 4.74 Å². The number of hydrogen-bond acceptors (Lipinski definition) is 4. The van der Waals surface area contributed by atoms with Crippen molar-refractivity contribution in [3.05, 3.63) is 54.5 Å². The van der Waals surface area contributed by atoms with Crippen LogP contribution in [-0.2, 0) is 4.43 Å². The Balaban J connectivity index is 1.72. The van der Waals surface area contributed by atoms with Crippen LogP contribution >= 0.6 is 0 Å². The van der Waals surface area contributed by atoms with Crippen molar-refractivity contribution in [1.82, 2.24) is 15.0 Å². The number of nitrogens with zero attached hydrogens (tertiary/aromatic N) is 2. The highest BCUT2D eigenvalue weighted by atomic mass is 28.4. The van der Waals surface area contributed by atoms with Crippen LogP contribution in [0.15, 0.2) is 48.8 Å². The summed E-state index contributed by atoms with van der Waals surface area (Å²) in [7, 11) is -1.73. The molecule has 142 valence electrons. The summed E-state index contributed by atoms with van der Waals surface area (Å²) >= 11 is 0. The van der Waals surface area contributed by atoms with Crippen molar-refractivity contribution in [2.75, 3.05) is 6.61 Å². The van der Waals surface area contributed by atoms with E-state index in [9.17, 15) is 0 Å². The van der Waals surface area contributed by atoms with E-state index in [2.05, 4.69) is 48.8 Å². The Kier molecular flexibility index (Phi) is 5.48. The molecule has 0 fully saturated rings. The van der Waals surface area contributed by atoms with Gasteiger partial charge in [-0.15, -0.1) is 0 Å². The largest absolute Gasteiger partial charge is 0.437 e. The number of aromatic nitrogens is 3. The highest BCUT2D eigenvalue weighted by molar-refractivity contribution is 6.74. The molecular weight excluding hydrogens is 354 g/mol. The summed E-state index contributed by atoms with van der Waals surface area (Å²) in [5.41, 5.74) is 2.55. The lowest BCUT2D eigenvalue weighted by atomic mass is 10.2. The highest BCUT2D eigenvalue weighted by Crippen LogP contribution is 2.36. The Morgan fingerprint density at radius 3 is 2.56 bits per heavy atom. The smallest absolute Gasteiger partial charge is 0.247 e. The van der Waals surface area contributed by atoms with Gasteiger partial charge in [-0.1, -0.05) is 45.0 Å². The lowest BCUT2D eigenvalue weighted by Gasteiger charge is -2.35. The Labute approximate surface area is 161 Å². The van der Waals surface area contributed by atoms with Crippen molar-refractivity contribution in [1.29, 1.82) is 0 Å². The number of fused-ring (bicyclic) bond motifs is 1. The predicted molar refractivity (Wildman–Crippen MR) is 113 cm³/mol. The molecule has 2 aromatic heterocycles. The van der Waals surface area contributed by atoms with Crippen molar-refractivity contribution in [2.24, 2.45) is 0 Å². The van der Waals surface area contributed by atoms with Gasteiger partial charge in [0.2, 0.25) is 5.88 Å². The number of nitrogens with one attached hydrogen (secondary N) is 1. The molecule has 1 aromatic carbocycles.